The van der Waals surface area contributed by atoms with Gasteiger partial charge in [0.1, 0.15) is 0 Å². The molecule has 2 rings (SSSR count). The highest BCUT2D eigenvalue weighted by Crippen LogP contribution is 2.18. The number of nitrogens with one attached hydrogen (secondary N) is 2. The van der Waals surface area contributed by atoms with Crippen LogP contribution < -0.4 is 10.6 Å². The molecule has 0 saturated carbocycles. The second-order valence-electron chi connectivity index (χ2n) is 5.24. The van der Waals surface area contributed by atoms with Crippen LogP contribution >= 0.6 is 24.2 Å². The van der Waals surface area contributed by atoms with Gasteiger partial charge in [0, 0.05) is 23.6 Å². The maximum atomic E-state index is 11.8. The van der Waals surface area contributed by atoms with Gasteiger partial charge in [0.25, 0.3) is 0 Å². The van der Waals surface area contributed by atoms with Crippen molar-refractivity contribution >= 4 is 30.1 Å². The lowest BCUT2D eigenvalue weighted by Crippen LogP contribution is -2.30. The van der Waals surface area contributed by atoms with Crippen molar-refractivity contribution in [3.8, 4) is 0 Å². The van der Waals surface area contributed by atoms with Gasteiger partial charge in [-0.2, -0.15) is 0 Å². The van der Waals surface area contributed by atoms with Crippen molar-refractivity contribution < 1.29 is 4.79 Å². The van der Waals surface area contributed by atoms with E-state index < -0.39 is 0 Å². The van der Waals surface area contributed by atoms with Gasteiger partial charge in [-0.1, -0.05) is 18.2 Å². The molecule has 0 atom stereocenters. The Morgan fingerprint density at radius 2 is 1.95 bits per heavy atom. The largest absolute Gasteiger partial charge is 0.355 e. The van der Waals surface area contributed by atoms with Gasteiger partial charge in [-0.05, 0) is 50.4 Å². The zero-order chi connectivity index (χ0) is 14.0. The summed E-state index contributed by atoms with van der Waals surface area (Å²) in [6, 6.07) is 10.3. The van der Waals surface area contributed by atoms with Crippen LogP contribution in [0, 0.1) is 5.92 Å². The molecule has 118 valence electrons. The summed E-state index contributed by atoms with van der Waals surface area (Å²) in [5.41, 5.74) is 0. The van der Waals surface area contributed by atoms with Crippen molar-refractivity contribution in [2.75, 3.05) is 25.4 Å². The van der Waals surface area contributed by atoms with Crippen molar-refractivity contribution in [2.24, 2.45) is 5.92 Å². The predicted molar refractivity (Wildman–Crippen MR) is 92.3 cm³/mol. The van der Waals surface area contributed by atoms with Crippen molar-refractivity contribution in [3.63, 3.8) is 0 Å². The number of carbonyl (C=O) groups excluding carboxylic acids is 1. The van der Waals surface area contributed by atoms with Crippen molar-refractivity contribution in [1.82, 2.24) is 10.6 Å². The van der Waals surface area contributed by atoms with Gasteiger partial charge in [-0.3, -0.25) is 4.79 Å². The van der Waals surface area contributed by atoms with Gasteiger partial charge < -0.3 is 10.6 Å². The molecule has 3 nitrogen and oxygen atoms in total. The first kappa shape index (κ1) is 18.3. The van der Waals surface area contributed by atoms with E-state index in [2.05, 4.69) is 22.8 Å². The lowest BCUT2D eigenvalue weighted by molar-refractivity contribution is -0.121. The van der Waals surface area contributed by atoms with Crippen molar-refractivity contribution in [2.45, 2.75) is 30.6 Å². The standard InChI is InChI=1S/C16H24N2OS.ClH/c19-16(7-6-14-8-10-17-11-9-14)18-12-13-20-15-4-2-1-3-5-15;/h1-5,14,17H,6-13H2,(H,18,19);1H. The Balaban J connectivity index is 0.00000220. The summed E-state index contributed by atoms with van der Waals surface area (Å²) < 4.78 is 0. The molecule has 5 heteroatoms. The molecule has 0 radical (unpaired) electrons. The topological polar surface area (TPSA) is 41.1 Å². The van der Waals surface area contributed by atoms with E-state index in [1.54, 1.807) is 11.8 Å². The molecule has 1 aliphatic rings. The fourth-order valence-electron chi connectivity index (χ4n) is 2.47. The van der Waals surface area contributed by atoms with Crippen LogP contribution in [0.15, 0.2) is 35.2 Å². The van der Waals surface area contributed by atoms with Crippen molar-refractivity contribution in [1.29, 1.82) is 0 Å². The number of amides is 1. The first-order valence-electron chi connectivity index (χ1n) is 7.50. The SMILES string of the molecule is Cl.O=C(CCC1CCNCC1)NCCSc1ccccc1. The summed E-state index contributed by atoms with van der Waals surface area (Å²) in [6.07, 6.45) is 4.16. The average Bonchev–Trinajstić information content (AvgIpc) is 2.52. The molecule has 2 N–H and O–H groups in total. The van der Waals surface area contributed by atoms with E-state index in [0.29, 0.717) is 6.42 Å². The van der Waals surface area contributed by atoms with E-state index in [1.165, 1.54) is 17.7 Å². The van der Waals surface area contributed by atoms with E-state index >= 15 is 0 Å². The van der Waals surface area contributed by atoms with E-state index in [9.17, 15) is 4.79 Å². The molecule has 1 amide bonds. The normalized spacial score (nSPS) is 15.2. The molecular formula is C16H25ClN2OS. The lowest BCUT2D eigenvalue weighted by atomic mass is 9.93. The van der Waals surface area contributed by atoms with E-state index in [1.807, 2.05) is 18.2 Å². The van der Waals surface area contributed by atoms with Crippen LogP contribution in [0.5, 0.6) is 0 Å². The second kappa shape index (κ2) is 10.9. The first-order valence-corrected chi connectivity index (χ1v) is 8.48. The maximum absolute atomic E-state index is 11.8. The predicted octanol–water partition coefficient (Wildman–Crippen LogP) is 3.10. The molecule has 1 aromatic carbocycles. The Labute approximate surface area is 138 Å². The fraction of sp³-hybridized carbons (Fsp3) is 0.562. The van der Waals surface area contributed by atoms with Gasteiger partial charge in [-0.15, -0.1) is 24.2 Å². The molecule has 1 saturated heterocycles. The quantitative estimate of drug-likeness (QED) is 0.597. The van der Waals surface area contributed by atoms with Gasteiger partial charge >= 0.3 is 0 Å². The number of thioether (sulfide) groups is 1. The van der Waals surface area contributed by atoms with E-state index in [4.69, 9.17) is 0 Å². The number of hydrogen-bond donors (Lipinski definition) is 2. The molecule has 0 unspecified atom stereocenters. The molecule has 0 bridgehead atoms. The minimum atomic E-state index is 0. The zero-order valence-corrected chi connectivity index (χ0v) is 14.0. The van der Waals surface area contributed by atoms with Crippen LogP contribution in [0.3, 0.4) is 0 Å². The van der Waals surface area contributed by atoms with Crippen LogP contribution in [-0.2, 0) is 4.79 Å². The maximum Gasteiger partial charge on any atom is 0.220 e. The molecule has 1 aromatic rings. The number of rotatable bonds is 7. The molecular weight excluding hydrogens is 304 g/mol. The third kappa shape index (κ3) is 7.74. The number of hydrogen-bond acceptors (Lipinski definition) is 3. The van der Waals surface area contributed by atoms with Crippen LogP contribution in [0.1, 0.15) is 25.7 Å². The van der Waals surface area contributed by atoms with Gasteiger partial charge in [0.2, 0.25) is 5.91 Å². The number of benzene rings is 1. The number of piperidine rings is 1. The van der Waals surface area contributed by atoms with Crippen LogP contribution in [0.2, 0.25) is 0 Å². The summed E-state index contributed by atoms with van der Waals surface area (Å²) >= 11 is 1.79. The first-order chi connectivity index (χ1) is 9.84. The smallest absolute Gasteiger partial charge is 0.220 e. The Hall–Kier alpha value is -0.710. The summed E-state index contributed by atoms with van der Waals surface area (Å²) in [5, 5.41) is 6.37. The average molecular weight is 329 g/mol. The Bertz CT molecular complexity index is 397. The molecule has 0 spiro atoms. The summed E-state index contributed by atoms with van der Waals surface area (Å²) in [6.45, 7) is 2.98. The third-order valence-electron chi connectivity index (χ3n) is 3.67. The Morgan fingerprint density at radius 1 is 1.24 bits per heavy atom. The third-order valence-corrected chi connectivity index (χ3v) is 4.69. The molecule has 0 aromatic heterocycles. The Kier molecular flexibility index (Phi) is 9.55. The lowest BCUT2D eigenvalue weighted by Gasteiger charge is -2.22. The van der Waals surface area contributed by atoms with Gasteiger partial charge in [0.15, 0.2) is 0 Å². The Morgan fingerprint density at radius 3 is 2.67 bits per heavy atom. The zero-order valence-electron chi connectivity index (χ0n) is 12.3. The second-order valence-corrected chi connectivity index (χ2v) is 6.41. The van der Waals surface area contributed by atoms with Gasteiger partial charge in [-0.25, -0.2) is 0 Å². The molecule has 1 fully saturated rings. The summed E-state index contributed by atoms with van der Waals surface area (Å²) in [5.74, 6) is 1.88. The number of halogens is 1. The molecule has 1 heterocycles. The van der Waals surface area contributed by atoms with Crippen molar-refractivity contribution in [3.05, 3.63) is 30.3 Å². The van der Waals surface area contributed by atoms with Crippen LogP contribution in [0.25, 0.3) is 0 Å². The van der Waals surface area contributed by atoms with Crippen LogP contribution in [-0.4, -0.2) is 31.3 Å². The van der Waals surface area contributed by atoms with Gasteiger partial charge in [0.05, 0.1) is 0 Å². The molecule has 21 heavy (non-hydrogen) atoms. The van der Waals surface area contributed by atoms with E-state index in [0.717, 1.165) is 37.7 Å². The highest BCUT2D eigenvalue weighted by atomic mass is 35.5. The minimum Gasteiger partial charge on any atom is -0.355 e. The monoisotopic (exact) mass is 328 g/mol. The summed E-state index contributed by atoms with van der Waals surface area (Å²) in [4.78, 5) is 13.0. The molecule has 0 aliphatic carbocycles. The summed E-state index contributed by atoms with van der Waals surface area (Å²) in [7, 11) is 0. The highest BCUT2D eigenvalue weighted by Gasteiger charge is 2.14. The van der Waals surface area contributed by atoms with E-state index in [-0.39, 0.29) is 18.3 Å². The molecule has 1 aliphatic heterocycles. The number of carbonyl (C=O) groups is 1. The minimum absolute atomic E-state index is 0. The highest BCUT2D eigenvalue weighted by molar-refractivity contribution is 7.99. The van der Waals surface area contributed by atoms with Crippen LogP contribution in [0.4, 0.5) is 0 Å². The fourth-order valence-corrected chi connectivity index (χ4v) is 3.26.